The van der Waals surface area contributed by atoms with E-state index in [2.05, 4.69) is 41.3 Å². The summed E-state index contributed by atoms with van der Waals surface area (Å²) in [4.78, 5) is 27.9. The van der Waals surface area contributed by atoms with Crippen molar-refractivity contribution in [2.45, 2.75) is 38.3 Å². The minimum absolute atomic E-state index is 0.119. The summed E-state index contributed by atoms with van der Waals surface area (Å²) in [6.45, 7) is 3.36. The number of rotatable bonds is 2. The summed E-state index contributed by atoms with van der Waals surface area (Å²) in [6, 6.07) is 21.4. The quantitative estimate of drug-likeness (QED) is 0.486. The van der Waals surface area contributed by atoms with Gasteiger partial charge in [-0.05, 0) is 53.3 Å². The van der Waals surface area contributed by atoms with E-state index in [0.717, 1.165) is 37.9 Å². The molecule has 0 radical (unpaired) electrons. The van der Waals surface area contributed by atoms with Crippen LogP contribution in [0.5, 0.6) is 0 Å². The molecule has 156 valence electrons. The average molecular weight is 412 g/mol. The first-order valence-corrected chi connectivity index (χ1v) is 11.1. The van der Waals surface area contributed by atoms with Crippen LogP contribution in [-0.4, -0.2) is 33.0 Å². The molecular weight excluding hydrogens is 386 g/mol. The summed E-state index contributed by atoms with van der Waals surface area (Å²) >= 11 is 0. The molecule has 1 saturated heterocycles. The predicted molar refractivity (Wildman–Crippen MR) is 123 cm³/mol. The van der Waals surface area contributed by atoms with E-state index in [1.807, 2.05) is 28.8 Å². The maximum Gasteiger partial charge on any atom is 0.336 e. The number of carbonyl (C=O) groups excluding carboxylic acids is 1. The molecule has 1 aromatic heterocycles. The van der Waals surface area contributed by atoms with Gasteiger partial charge in [-0.3, -0.25) is 14.3 Å². The molecule has 1 fully saturated rings. The van der Waals surface area contributed by atoms with E-state index in [1.54, 1.807) is 0 Å². The lowest BCUT2D eigenvalue weighted by molar-refractivity contribution is 0.0934. The van der Waals surface area contributed by atoms with Gasteiger partial charge in [0.1, 0.15) is 0 Å². The van der Waals surface area contributed by atoms with E-state index in [4.69, 9.17) is 0 Å². The highest BCUT2D eigenvalue weighted by Gasteiger charge is 2.33. The van der Waals surface area contributed by atoms with Gasteiger partial charge in [0.25, 0.3) is 0 Å². The molecule has 2 aliphatic rings. The Labute approximate surface area is 180 Å². The van der Waals surface area contributed by atoms with Crippen molar-refractivity contribution in [2.75, 3.05) is 13.1 Å². The molecule has 3 aromatic carbocycles. The van der Waals surface area contributed by atoms with Gasteiger partial charge in [-0.25, -0.2) is 9.36 Å². The smallest absolute Gasteiger partial charge is 0.296 e. The van der Waals surface area contributed by atoms with Crippen molar-refractivity contribution in [2.24, 2.45) is 0 Å². The number of likely N-dealkylation sites (tertiary alicyclic amines) is 1. The lowest BCUT2D eigenvalue weighted by Gasteiger charge is -2.36. The number of piperidine rings is 1. The standard InChI is InChI=1S/C26H25N3O2/c1-17(30)28-22-10-2-3-11-23(22)29(26(28)31)20-12-14-27(15-13-20)24-16-19-8-4-6-18-7-5-9-21(24)25(18)19/h2-11,20,24H,12-16H2,1H3/t24-/m0/s1. The topological polar surface area (TPSA) is 47.2 Å². The zero-order chi connectivity index (χ0) is 21.1. The second-order valence-electron chi connectivity index (χ2n) is 8.85. The van der Waals surface area contributed by atoms with Crippen molar-refractivity contribution in [1.82, 2.24) is 14.0 Å². The van der Waals surface area contributed by atoms with Gasteiger partial charge < -0.3 is 0 Å². The van der Waals surface area contributed by atoms with Crippen molar-refractivity contribution in [3.8, 4) is 0 Å². The van der Waals surface area contributed by atoms with E-state index >= 15 is 0 Å². The minimum Gasteiger partial charge on any atom is -0.296 e. The first-order valence-electron chi connectivity index (χ1n) is 11.1. The number of fused-ring (bicyclic) bond motifs is 1. The van der Waals surface area contributed by atoms with Gasteiger partial charge in [0, 0.05) is 32.1 Å². The fourth-order valence-electron chi connectivity index (χ4n) is 5.83. The van der Waals surface area contributed by atoms with Gasteiger partial charge in [0.15, 0.2) is 0 Å². The second-order valence-corrected chi connectivity index (χ2v) is 8.85. The van der Waals surface area contributed by atoms with Crippen molar-refractivity contribution in [1.29, 1.82) is 0 Å². The highest BCUT2D eigenvalue weighted by atomic mass is 16.2. The molecule has 0 saturated carbocycles. The molecule has 0 amide bonds. The number of hydrogen-bond acceptors (Lipinski definition) is 3. The van der Waals surface area contributed by atoms with Crippen LogP contribution in [0.2, 0.25) is 0 Å². The number of aromatic nitrogens is 2. The number of benzene rings is 3. The summed E-state index contributed by atoms with van der Waals surface area (Å²) < 4.78 is 3.17. The molecule has 1 aliphatic heterocycles. The van der Waals surface area contributed by atoms with Crippen LogP contribution in [0.1, 0.15) is 47.8 Å². The molecule has 0 N–H and O–H groups in total. The molecule has 0 spiro atoms. The summed E-state index contributed by atoms with van der Waals surface area (Å²) in [5.74, 6) is -0.228. The Kier molecular flexibility index (Phi) is 4.15. The zero-order valence-electron chi connectivity index (χ0n) is 17.6. The first kappa shape index (κ1) is 18.6. The summed E-state index contributed by atoms with van der Waals surface area (Å²) in [6.07, 6.45) is 2.88. The molecular formula is C26H25N3O2. The van der Waals surface area contributed by atoms with Crippen LogP contribution in [-0.2, 0) is 6.42 Å². The van der Waals surface area contributed by atoms with Crippen molar-refractivity contribution >= 4 is 27.7 Å². The first-order chi connectivity index (χ1) is 15.1. The molecule has 0 bridgehead atoms. The van der Waals surface area contributed by atoms with Crippen molar-refractivity contribution in [3.05, 3.63) is 82.3 Å². The Morgan fingerprint density at radius 2 is 1.61 bits per heavy atom. The second kappa shape index (κ2) is 6.92. The van der Waals surface area contributed by atoms with E-state index in [9.17, 15) is 9.59 Å². The van der Waals surface area contributed by atoms with Gasteiger partial charge in [-0.2, -0.15) is 0 Å². The Hall–Kier alpha value is -3.18. The summed E-state index contributed by atoms with van der Waals surface area (Å²) in [5, 5.41) is 2.76. The number of imidazole rings is 1. The molecule has 1 atom stereocenters. The zero-order valence-corrected chi connectivity index (χ0v) is 17.6. The Morgan fingerprint density at radius 3 is 2.35 bits per heavy atom. The van der Waals surface area contributed by atoms with E-state index in [-0.39, 0.29) is 17.6 Å². The molecule has 31 heavy (non-hydrogen) atoms. The van der Waals surface area contributed by atoms with Crippen molar-refractivity contribution < 1.29 is 4.79 Å². The number of para-hydroxylation sites is 2. The Bertz CT molecular complexity index is 1380. The van der Waals surface area contributed by atoms with E-state index in [0.29, 0.717) is 11.6 Å². The summed E-state index contributed by atoms with van der Waals surface area (Å²) in [5.41, 5.74) is 4.25. The molecule has 5 heteroatoms. The Morgan fingerprint density at radius 1 is 0.903 bits per heavy atom. The predicted octanol–water partition coefficient (Wildman–Crippen LogP) is 4.55. The lowest BCUT2D eigenvalue weighted by atomic mass is 9.99. The molecule has 6 rings (SSSR count). The SMILES string of the molecule is CC(=O)n1c(=O)n(C2CCN([C@H]3Cc4cccc5cccc3c45)CC2)c2ccccc21. The number of nitrogens with zero attached hydrogens (tertiary/aromatic N) is 3. The maximum atomic E-state index is 13.1. The van der Waals surface area contributed by atoms with Crippen LogP contribution in [0.15, 0.2) is 65.5 Å². The number of hydrogen-bond donors (Lipinski definition) is 0. The number of carbonyl (C=O) groups is 1. The van der Waals surface area contributed by atoms with Crippen LogP contribution in [0.3, 0.4) is 0 Å². The molecule has 5 nitrogen and oxygen atoms in total. The normalized spacial score (nSPS) is 19.5. The van der Waals surface area contributed by atoms with Gasteiger partial charge >= 0.3 is 5.69 Å². The molecule has 2 heterocycles. The van der Waals surface area contributed by atoms with Gasteiger partial charge in [0.05, 0.1) is 11.0 Å². The minimum atomic E-state index is -0.228. The fourth-order valence-corrected chi connectivity index (χ4v) is 5.83. The van der Waals surface area contributed by atoms with Crippen LogP contribution in [0.4, 0.5) is 0 Å². The molecule has 1 aliphatic carbocycles. The average Bonchev–Trinajstić information content (AvgIpc) is 3.30. The fraction of sp³-hybridized carbons (Fsp3) is 0.308. The molecule has 4 aromatic rings. The monoisotopic (exact) mass is 411 g/mol. The van der Waals surface area contributed by atoms with Crippen LogP contribution in [0, 0.1) is 0 Å². The third-order valence-corrected chi connectivity index (χ3v) is 7.19. The van der Waals surface area contributed by atoms with Crippen molar-refractivity contribution in [3.63, 3.8) is 0 Å². The van der Waals surface area contributed by atoms with Gasteiger partial charge in [-0.1, -0.05) is 48.5 Å². The van der Waals surface area contributed by atoms with Gasteiger partial charge in [0.2, 0.25) is 5.91 Å². The molecule has 0 unspecified atom stereocenters. The Balaban J connectivity index is 1.30. The summed E-state index contributed by atoms with van der Waals surface area (Å²) in [7, 11) is 0. The van der Waals surface area contributed by atoms with E-state index < -0.39 is 0 Å². The highest BCUT2D eigenvalue weighted by molar-refractivity contribution is 5.91. The van der Waals surface area contributed by atoms with E-state index in [1.165, 1.54) is 33.4 Å². The largest absolute Gasteiger partial charge is 0.336 e. The van der Waals surface area contributed by atoms with Crippen LogP contribution < -0.4 is 5.69 Å². The van der Waals surface area contributed by atoms with Crippen LogP contribution in [0.25, 0.3) is 21.8 Å². The lowest BCUT2D eigenvalue weighted by Crippen LogP contribution is -2.40. The van der Waals surface area contributed by atoms with Gasteiger partial charge in [-0.15, -0.1) is 0 Å². The highest BCUT2D eigenvalue weighted by Crippen LogP contribution is 2.41. The third kappa shape index (κ3) is 2.73. The van der Waals surface area contributed by atoms with Crippen LogP contribution >= 0.6 is 0 Å². The maximum absolute atomic E-state index is 13.1. The third-order valence-electron chi connectivity index (χ3n) is 7.19.